The van der Waals surface area contributed by atoms with Gasteiger partial charge in [0.05, 0.1) is 17.7 Å². The maximum absolute atomic E-state index is 11.5. The number of hydrogen-bond acceptors (Lipinski definition) is 6. The van der Waals surface area contributed by atoms with Crippen LogP contribution in [0.15, 0.2) is 47.1 Å². The van der Waals surface area contributed by atoms with E-state index in [0.29, 0.717) is 17.0 Å². The zero-order chi connectivity index (χ0) is 19.4. The molecule has 0 aliphatic heterocycles. The Bertz CT molecular complexity index is 966. The maximum atomic E-state index is 11.5. The molecule has 1 aromatic carbocycles. The molecule has 3 rings (SSSR count). The number of hydrogen-bond donors (Lipinski definition) is 3. The molecule has 2 aromatic heterocycles. The number of benzene rings is 1. The van der Waals surface area contributed by atoms with E-state index in [-0.39, 0.29) is 15.6 Å². The molecule has 0 fully saturated rings. The van der Waals surface area contributed by atoms with Crippen molar-refractivity contribution in [2.24, 2.45) is 0 Å². The van der Waals surface area contributed by atoms with Gasteiger partial charge in [0.1, 0.15) is 10.8 Å². The van der Waals surface area contributed by atoms with Crippen LogP contribution in [0.5, 0.6) is 5.75 Å². The van der Waals surface area contributed by atoms with Gasteiger partial charge in [-0.3, -0.25) is 0 Å². The summed E-state index contributed by atoms with van der Waals surface area (Å²) in [6.07, 6.45) is 1.59. The number of aliphatic carboxylic acids is 1. The van der Waals surface area contributed by atoms with Crippen LogP contribution >= 0.6 is 22.9 Å². The fourth-order valence-corrected chi connectivity index (χ4v) is 3.76. The second-order valence-corrected chi connectivity index (χ2v) is 6.80. The number of rotatable bonds is 8. The highest BCUT2D eigenvalue weighted by molar-refractivity contribution is 7.18. The summed E-state index contributed by atoms with van der Waals surface area (Å²) in [6, 6.07) is 10.9. The molecule has 0 aliphatic carbocycles. The molecule has 0 bridgehead atoms. The van der Waals surface area contributed by atoms with Crippen LogP contribution in [0, 0.1) is 0 Å². The van der Waals surface area contributed by atoms with Gasteiger partial charge in [-0.1, -0.05) is 23.7 Å². The smallest absolute Gasteiger partial charge is 0.349 e. The van der Waals surface area contributed by atoms with Gasteiger partial charge in [0.15, 0.2) is 17.2 Å². The molecular formula is C18H14ClNO6S. The van der Waals surface area contributed by atoms with E-state index in [1.54, 1.807) is 24.5 Å². The molecule has 7 nitrogen and oxygen atoms in total. The highest BCUT2D eigenvalue weighted by atomic mass is 35.5. The van der Waals surface area contributed by atoms with Gasteiger partial charge in [-0.05, 0) is 29.8 Å². The van der Waals surface area contributed by atoms with Crippen molar-refractivity contribution in [2.45, 2.75) is 6.54 Å². The average Bonchev–Trinajstić information content (AvgIpc) is 3.26. The molecule has 0 saturated heterocycles. The molecule has 0 spiro atoms. The molecule has 27 heavy (non-hydrogen) atoms. The van der Waals surface area contributed by atoms with Crippen molar-refractivity contribution in [2.75, 3.05) is 11.9 Å². The minimum absolute atomic E-state index is 0.0711. The SMILES string of the molecule is O=C(O)COc1c(C(=O)O)sc(-c2cccc(NCc3ccco3)c2)c1Cl. The van der Waals surface area contributed by atoms with Gasteiger partial charge in [0.2, 0.25) is 0 Å². The summed E-state index contributed by atoms with van der Waals surface area (Å²) in [6.45, 7) is -0.192. The third kappa shape index (κ3) is 4.42. The lowest BCUT2D eigenvalue weighted by Gasteiger charge is -2.07. The third-order valence-corrected chi connectivity index (χ3v) is 5.20. The maximum Gasteiger partial charge on any atom is 0.349 e. The molecule has 2 heterocycles. The van der Waals surface area contributed by atoms with Gasteiger partial charge >= 0.3 is 11.9 Å². The monoisotopic (exact) mass is 407 g/mol. The van der Waals surface area contributed by atoms with Crippen LogP contribution in [0.25, 0.3) is 10.4 Å². The molecule has 3 aromatic rings. The third-order valence-electron chi connectivity index (χ3n) is 3.51. The first kappa shape index (κ1) is 18.8. The number of nitrogens with one attached hydrogen (secondary N) is 1. The first-order valence-electron chi connectivity index (χ1n) is 7.72. The van der Waals surface area contributed by atoms with Crippen LogP contribution in [0.2, 0.25) is 5.02 Å². The lowest BCUT2D eigenvalue weighted by Crippen LogP contribution is -2.10. The first-order chi connectivity index (χ1) is 13.0. The Balaban J connectivity index is 1.89. The molecule has 0 unspecified atom stereocenters. The predicted octanol–water partition coefficient (Wildman–Crippen LogP) is 4.44. The van der Waals surface area contributed by atoms with E-state index >= 15 is 0 Å². The number of thiophene rings is 1. The van der Waals surface area contributed by atoms with E-state index in [9.17, 15) is 14.7 Å². The van der Waals surface area contributed by atoms with Gasteiger partial charge in [0, 0.05) is 5.69 Å². The molecule has 0 radical (unpaired) electrons. The second kappa shape index (κ2) is 8.15. The number of ether oxygens (including phenoxy) is 1. The van der Waals surface area contributed by atoms with Crippen molar-refractivity contribution >= 4 is 40.6 Å². The van der Waals surface area contributed by atoms with Crippen molar-refractivity contribution in [1.82, 2.24) is 0 Å². The van der Waals surface area contributed by atoms with E-state index in [1.807, 2.05) is 18.2 Å². The summed E-state index contributed by atoms with van der Waals surface area (Å²) in [4.78, 5) is 22.5. The van der Waals surface area contributed by atoms with Crippen molar-refractivity contribution in [3.8, 4) is 16.2 Å². The summed E-state index contributed by atoms with van der Waals surface area (Å²) in [5.74, 6) is -1.83. The zero-order valence-corrected chi connectivity index (χ0v) is 15.3. The Kier molecular flexibility index (Phi) is 5.68. The molecule has 0 amide bonds. The van der Waals surface area contributed by atoms with E-state index in [1.165, 1.54) is 0 Å². The average molecular weight is 408 g/mol. The molecule has 140 valence electrons. The van der Waals surface area contributed by atoms with Gasteiger partial charge in [0.25, 0.3) is 0 Å². The minimum Gasteiger partial charge on any atom is -0.479 e. The largest absolute Gasteiger partial charge is 0.479 e. The van der Waals surface area contributed by atoms with Crippen LogP contribution in [0.3, 0.4) is 0 Å². The van der Waals surface area contributed by atoms with Crippen LogP contribution in [0.1, 0.15) is 15.4 Å². The number of carbonyl (C=O) groups is 2. The molecule has 0 saturated carbocycles. The highest BCUT2D eigenvalue weighted by Gasteiger charge is 2.24. The molecule has 0 atom stereocenters. The zero-order valence-electron chi connectivity index (χ0n) is 13.8. The highest BCUT2D eigenvalue weighted by Crippen LogP contribution is 2.45. The molecule has 9 heteroatoms. The number of carboxylic acid groups (broad SMARTS) is 2. The second-order valence-electron chi connectivity index (χ2n) is 5.40. The van der Waals surface area contributed by atoms with Crippen LogP contribution in [-0.4, -0.2) is 28.8 Å². The number of anilines is 1. The standard InChI is InChI=1S/C18H14ClNO6S/c19-14-15(26-9-13(21)22)17(18(23)24)27-16(14)10-3-1-4-11(7-10)20-8-12-5-2-6-25-12/h1-7,20H,8-9H2,(H,21,22)(H,23,24). The fraction of sp³-hybridized carbons (Fsp3) is 0.111. The van der Waals surface area contributed by atoms with E-state index in [4.69, 9.17) is 25.9 Å². The van der Waals surface area contributed by atoms with Gasteiger partial charge in [-0.2, -0.15) is 0 Å². The predicted molar refractivity (Wildman–Crippen MR) is 101 cm³/mol. The van der Waals surface area contributed by atoms with E-state index in [2.05, 4.69) is 5.32 Å². The summed E-state index contributed by atoms with van der Waals surface area (Å²) < 4.78 is 10.4. The summed E-state index contributed by atoms with van der Waals surface area (Å²) >= 11 is 7.22. The minimum atomic E-state index is -1.24. The van der Waals surface area contributed by atoms with E-state index < -0.39 is 18.5 Å². The van der Waals surface area contributed by atoms with Crippen molar-refractivity contribution in [3.05, 3.63) is 58.3 Å². The molecule has 3 N–H and O–H groups in total. The summed E-state index contributed by atoms with van der Waals surface area (Å²) in [5.41, 5.74) is 1.47. The van der Waals surface area contributed by atoms with Crippen LogP contribution in [-0.2, 0) is 11.3 Å². The van der Waals surface area contributed by atoms with Gasteiger partial charge < -0.3 is 24.7 Å². The summed E-state index contributed by atoms with van der Waals surface area (Å²) in [5, 5.41) is 21.4. The van der Waals surface area contributed by atoms with Crippen LogP contribution in [0.4, 0.5) is 5.69 Å². The molecular weight excluding hydrogens is 394 g/mol. The Morgan fingerprint density at radius 1 is 1.22 bits per heavy atom. The Morgan fingerprint density at radius 2 is 2.04 bits per heavy atom. The quantitative estimate of drug-likeness (QED) is 0.506. The number of furan rings is 1. The van der Waals surface area contributed by atoms with Crippen molar-refractivity contribution < 1.29 is 29.0 Å². The van der Waals surface area contributed by atoms with E-state index in [0.717, 1.165) is 22.8 Å². The Hall–Kier alpha value is -2.97. The summed E-state index contributed by atoms with van der Waals surface area (Å²) in [7, 11) is 0. The van der Waals surface area contributed by atoms with Crippen LogP contribution < -0.4 is 10.1 Å². The fourth-order valence-electron chi connectivity index (χ4n) is 2.36. The Morgan fingerprint density at radius 3 is 2.70 bits per heavy atom. The first-order valence-corrected chi connectivity index (χ1v) is 8.92. The lowest BCUT2D eigenvalue weighted by molar-refractivity contribution is -0.139. The Labute approximate surface area is 162 Å². The normalized spacial score (nSPS) is 10.6. The van der Waals surface area contributed by atoms with Gasteiger partial charge in [-0.25, -0.2) is 9.59 Å². The number of aromatic carboxylic acids is 1. The molecule has 0 aliphatic rings. The number of halogens is 1. The lowest BCUT2D eigenvalue weighted by atomic mass is 10.1. The van der Waals surface area contributed by atoms with Crippen molar-refractivity contribution in [3.63, 3.8) is 0 Å². The van der Waals surface area contributed by atoms with Crippen molar-refractivity contribution in [1.29, 1.82) is 0 Å². The topological polar surface area (TPSA) is 109 Å². The van der Waals surface area contributed by atoms with Gasteiger partial charge in [-0.15, -0.1) is 11.3 Å². The number of carboxylic acids is 2.